The summed E-state index contributed by atoms with van der Waals surface area (Å²) in [5.74, 6) is -3.11. The molecule has 0 aliphatic heterocycles. The Morgan fingerprint density at radius 3 is 2.67 bits per heavy atom. The fraction of sp³-hybridized carbons (Fsp3) is 0.471. The summed E-state index contributed by atoms with van der Waals surface area (Å²) in [6.45, 7) is 5.92. The molecule has 0 spiro atoms. The van der Waals surface area contributed by atoms with Crippen molar-refractivity contribution in [2.45, 2.75) is 70.6 Å². The Bertz CT molecular complexity index is 1590. The van der Waals surface area contributed by atoms with Crippen molar-refractivity contribution in [2.24, 2.45) is 10.9 Å². The lowest BCUT2D eigenvalue weighted by Crippen LogP contribution is -2.42. The van der Waals surface area contributed by atoms with Crippen LogP contribution in [0.4, 0.5) is 18.9 Å². The van der Waals surface area contributed by atoms with Gasteiger partial charge in [-0.15, -0.1) is 0 Å². The van der Waals surface area contributed by atoms with Crippen LogP contribution in [-0.4, -0.2) is 54.4 Å². The number of carbonyl (C=O) groups excluding carboxylic acids is 1. The second-order valence-corrected chi connectivity index (χ2v) is 12.4. The lowest BCUT2D eigenvalue weighted by molar-refractivity contribution is -0.117. The van der Waals surface area contributed by atoms with Crippen molar-refractivity contribution < 1.29 is 22.7 Å². The van der Waals surface area contributed by atoms with Gasteiger partial charge in [0.05, 0.1) is 24.0 Å². The highest BCUT2D eigenvalue weighted by Gasteiger charge is 2.49. The molecule has 0 bridgehead atoms. The molecule has 2 fully saturated rings. The third kappa shape index (κ3) is 7.43. The smallest absolute Gasteiger partial charge is 0.251 e. The maximum Gasteiger partial charge on any atom is 0.251 e. The van der Waals surface area contributed by atoms with Crippen LogP contribution in [0.2, 0.25) is 5.02 Å². The molecular weight excluding hydrogens is 603 g/mol. The zero-order chi connectivity index (χ0) is 32.3. The number of aryl methyl sites for hydroxylation is 2. The second-order valence-electron chi connectivity index (χ2n) is 12.0. The number of ether oxygens (including phenoxy) is 1. The number of aromatic nitrogens is 2. The number of benzene rings is 1. The molecule has 1 unspecified atom stereocenters. The van der Waals surface area contributed by atoms with E-state index in [1.807, 2.05) is 19.9 Å². The third-order valence-electron chi connectivity index (χ3n) is 8.49. The monoisotopic (exact) mass is 641 g/mol. The van der Waals surface area contributed by atoms with Crippen LogP contribution in [0.15, 0.2) is 35.5 Å². The maximum absolute atomic E-state index is 14.2. The van der Waals surface area contributed by atoms with Gasteiger partial charge in [0.2, 0.25) is 5.92 Å². The number of amides is 1. The van der Waals surface area contributed by atoms with Crippen LogP contribution in [0.3, 0.4) is 0 Å². The molecule has 1 atom stereocenters. The summed E-state index contributed by atoms with van der Waals surface area (Å²) in [6, 6.07) is 6.97. The van der Waals surface area contributed by atoms with Gasteiger partial charge >= 0.3 is 0 Å². The van der Waals surface area contributed by atoms with Crippen molar-refractivity contribution in [3.63, 3.8) is 0 Å². The summed E-state index contributed by atoms with van der Waals surface area (Å²) < 4.78 is 46.8. The number of pyridine rings is 2. The lowest BCUT2D eigenvalue weighted by Gasteiger charge is -2.40. The highest BCUT2D eigenvalue weighted by Crippen LogP contribution is 2.50. The number of nitrogens with two attached hydrogens (primary N) is 1. The lowest BCUT2D eigenvalue weighted by atomic mass is 9.71. The van der Waals surface area contributed by atoms with Gasteiger partial charge in [0.1, 0.15) is 11.4 Å². The van der Waals surface area contributed by atoms with Crippen molar-refractivity contribution in [3.8, 4) is 17.0 Å². The molecule has 11 heteroatoms. The van der Waals surface area contributed by atoms with Crippen LogP contribution in [0.25, 0.3) is 11.3 Å². The molecule has 5 rings (SSSR count). The van der Waals surface area contributed by atoms with E-state index in [4.69, 9.17) is 27.1 Å². The minimum Gasteiger partial charge on any atom is -0.491 e. The summed E-state index contributed by atoms with van der Waals surface area (Å²) in [4.78, 5) is 27.1. The van der Waals surface area contributed by atoms with E-state index in [-0.39, 0.29) is 31.2 Å². The van der Waals surface area contributed by atoms with E-state index in [0.29, 0.717) is 75.6 Å². The summed E-state index contributed by atoms with van der Waals surface area (Å²) in [7, 11) is 0. The normalized spacial score (nSPS) is 16.9. The molecule has 2 aliphatic carbocycles. The van der Waals surface area contributed by atoms with E-state index in [0.717, 1.165) is 24.1 Å². The summed E-state index contributed by atoms with van der Waals surface area (Å²) in [5.41, 5.74) is 11.7. The van der Waals surface area contributed by atoms with E-state index in [9.17, 15) is 18.0 Å². The van der Waals surface area contributed by atoms with Gasteiger partial charge in [-0.2, -0.15) is 0 Å². The fourth-order valence-corrected chi connectivity index (χ4v) is 6.21. The molecule has 1 amide bonds. The molecule has 0 radical (unpaired) electrons. The first-order valence-electron chi connectivity index (χ1n) is 15.4. The first-order chi connectivity index (χ1) is 21.5. The van der Waals surface area contributed by atoms with Crippen LogP contribution in [0.1, 0.15) is 89.3 Å². The predicted molar refractivity (Wildman–Crippen MR) is 172 cm³/mol. The van der Waals surface area contributed by atoms with Crippen molar-refractivity contribution in [1.82, 2.24) is 15.3 Å². The van der Waals surface area contributed by atoms with E-state index < -0.39 is 18.5 Å². The molecule has 2 aromatic heterocycles. The minimum atomic E-state index is -2.76. The first-order valence-corrected chi connectivity index (χ1v) is 15.8. The summed E-state index contributed by atoms with van der Waals surface area (Å²) >= 11 is 6.88. The number of hydrogen-bond acceptors (Lipinski definition) is 6. The summed E-state index contributed by atoms with van der Waals surface area (Å²) in [5, 5.41) is 3.48. The highest BCUT2D eigenvalue weighted by molar-refractivity contribution is 6.34. The number of alkyl halides is 3. The number of nitrogens with zero attached hydrogens (tertiary/aromatic N) is 3. The van der Waals surface area contributed by atoms with Gasteiger partial charge in [-0.25, -0.2) is 13.8 Å². The average Bonchev–Trinajstić information content (AvgIpc) is 3.83. The Balaban J connectivity index is 1.46. The standard InChI is InChI=1S/C34H39ClF3N5O2/c1-4-45-32-20(3)13-27(43-31(32)25-8-11-41-30(28(25)35)21-6-7-21)26(24-15-34(37,38)16-24)18-42-33(44)22-12-19(2)29(39)23(14-22)17-40-10-5-9-36/h8,11-14,17,21,24,26H,4-7,9-10,15-16,18,39H2,1-3H3,(H,42,44). The van der Waals surface area contributed by atoms with Gasteiger partial charge in [-0.05, 0) is 81.3 Å². The van der Waals surface area contributed by atoms with E-state index in [1.54, 1.807) is 37.5 Å². The number of rotatable bonds is 13. The molecule has 7 nitrogen and oxygen atoms in total. The molecule has 3 aromatic rings. The molecule has 240 valence electrons. The Kier molecular flexibility index (Phi) is 10.0. The zero-order valence-electron chi connectivity index (χ0n) is 25.8. The molecule has 2 heterocycles. The van der Waals surface area contributed by atoms with Crippen LogP contribution in [-0.2, 0) is 0 Å². The molecule has 2 aliphatic rings. The second kappa shape index (κ2) is 13.8. The van der Waals surface area contributed by atoms with Gasteiger partial charge in [-0.3, -0.25) is 19.2 Å². The molecular formula is C34H39ClF3N5O2. The number of hydrogen-bond donors (Lipinski definition) is 2. The highest BCUT2D eigenvalue weighted by atomic mass is 35.5. The van der Waals surface area contributed by atoms with Gasteiger partial charge in [0.15, 0.2) is 0 Å². The van der Waals surface area contributed by atoms with Gasteiger partial charge in [0.25, 0.3) is 5.91 Å². The number of nitrogen functional groups attached to an aromatic ring is 1. The largest absolute Gasteiger partial charge is 0.491 e. The topological polar surface area (TPSA) is 102 Å². The van der Waals surface area contributed by atoms with Crippen molar-refractivity contribution in [2.75, 3.05) is 32.1 Å². The van der Waals surface area contributed by atoms with Crippen LogP contribution in [0.5, 0.6) is 5.75 Å². The Hall–Kier alpha value is -3.66. The van der Waals surface area contributed by atoms with Gasteiger partial charge in [-0.1, -0.05) is 11.6 Å². The Morgan fingerprint density at radius 2 is 2.00 bits per heavy atom. The van der Waals surface area contributed by atoms with Gasteiger partial charge < -0.3 is 15.8 Å². The predicted octanol–water partition coefficient (Wildman–Crippen LogP) is 7.61. The zero-order valence-corrected chi connectivity index (χ0v) is 26.6. The minimum absolute atomic E-state index is 0.0974. The van der Waals surface area contributed by atoms with Crippen molar-refractivity contribution >= 4 is 29.4 Å². The van der Waals surface area contributed by atoms with E-state index in [1.165, 1.54) is 0 Å². The SMILES string of the molecule is CCOc1c(C)cc(C(CNC(=O)c2cc(C)c(N)c(C=NCCCF)c2)C2CC(F)(F)C2)nc1-c1ccnc(C2CC2)c1Cl. The number of anilines is 1. The van der Waals surface area contributed by atoms with E-state index >= 15 is 0 Å². The molecule has 3 N–H and O–H groups in total. The van der Waals surface area contributed by atoms with Crippen LogP contribution in [0, 0.1) is 19.8 Å². The Labute approximate surface area is 266 Å². The van der Waals surface area contributed by atoms with Crippen molar-refractivity contribution in [3.05, 3.63) is 69.1 Å². The third-order valence-corrected chi connectivity index (χ3v) is 8.89. The maximum atomic E-state index is 14.2. The number of nitrogens with one attached hydrogen (secondary N) is 1. The number of halogens is 4. The van der Waals surface area contributed by atoms with Crippen LogP contribution < -0.4 is 15.8 Å². The van der Waals surface area contributed by atoms with Crippen LogP contribution >= 0.6 is 11.6 Å². The molecule has 1 aromatic carbocycles. The molecule has 0 saturated heterocycles. The number of carbonyl (C=O) groups is 1. The Morgan fingerprint density at radius 1 is 1.24 bits per heavy atom. The van der Waals surface area contributed by atoms with Crippen molar-refractivity contribution in [1.29, 1.82) is 0 Å². The van der Waals surface area contributed by atoms with Gasteiger partial charge in [0, 0.05) is 78.3 Å². The average molecular weight is 642 g/mol. The quantitative estimate of drug-likeness (QED) is 0.114. The summed E-state index contributed by atoms with van der Waals surface area (Å²) in [6.07, 6.45) is 5.03. The first kappa shape index (κ1) is 32.7. The molecule has 2 saturated carbocycles. The fourth-order valence-electron chi connectivity index (χ4n) is 5.86. The van der Waals surface area contributed by atoms with E-state index in [2.05, 4.69) is 15.3 Å². The molecule has 45 heavy (non-hydrogen) atoms. The number of aliphatic imine (C=N–C) groups is 1.